The second kappa shape index (κ2) is 3.35. The highest BCUT2D eigenvalue weighted by molar-refractivity contribution is 6.07. The first-order valence-electron chi connectivity index (χ1n) is 5.32. The lowest BCUT2D eigenvalue weighted by Gasteiger charge is -2.05. The molecule has 0 saturated carbocycles. The van der Waals surface area contributed by atoms with Gasteiger partial charge in [0.2, 0.25) is 0 Å². The number of fused-ring (bicyclic) bond motifs is 3. The summed E-state index contributed by atoms with van der Waals surface area (Å²) in [6.45, 7) is 1.84. The average Bonchev–Trinajstić information content (AvgIpc) is 2.28. The van der Waals surface area contributed by atoms with E-state index in [0.717, 1.165) is 10.9 Å². The van der Waals surface area contributed by atoms with Gasteiger partial charge in [-0.05, 0) is 30.7 Å². The third-order valence-corrected chi connectivity index (χ3v) is 2.84. The van der Waals surface area contributed by atoms with Crippen LogP contribution in [0.1, 0.15) is 5.56 Å². The molecule has 84 valence electrons. The lowest BCUT2D eigenvalue weighted by molar-refractivity contribution is 0.479. The largest absolute Gasteiger partial charge is 0.507 e. The van der Waals surface area contributed by atoms with Crippen LogP contribution in [0.5, 0.6) is 5.75 Å². The highest BCUT2D eigenvalue weighted by Gasteiger charge is 2.10. The van der Waals surface area contributed by atoms with E-state index in [1.807, 2.05) is 19.1 Å². The summed E-state index contributed by atoms with van der Waals surface area (Å²) in [7, 11) is 0. The summed E-state index contributed by atoms with van der Waals surface area (Å²) in [5, 5.41) is 11.8. The topological polar surface area (TPSA) is 50.4 Å². The Morgan fingerprint density at radius 1 is 1.12 bits per heavy atom. The van der Waals surface area contributed by atoms with Crippen LogP contribution in [0.25, 0.3) is 21.7 Å². The van der Waals surface area contributed by atoms with E-state index in [9.17, 15) is 9.90 Å². The van der Waals surface area contributed by atoms with E-state index in [1.54, 1.807) is 24.3 Å². The Hall–Kier alpha value is -2.29. The Kier molecular flexibility index (Phi) is 1.95. The maximum Gasteiger partial charge on any atom is 0.344 e. The molecule has 0 fully saturated rings. The van der Waals surface area contributed by atoms with Crippen LogP contribution in [-0.2, 0) is 0 Å². The molecule has 17 heavy (non-hydrogen) atoms. The molecule has 3 nitrogen and oxygen atoms in total. The number of rotatable bonds is 0. The molecule has 0 radical (unpaired) electrons. The lowest BCUT2D eigenvalue weighted by Crippen LogP contribution is -1.99. The van der Waals surface area contributed by atoms with Gasteiger partial charge in [0.15, 0.2) is 0 Å². The van der Waals surface area contributed by atoms with Crippen molar-refractivity contribution in [2.75, 3.05) is 0 Å². The van der Waals surface area contributed by atoms with Gasteiger partial charge in [0.25, 0.3) is 0 Å². The molecule has 3 rings (SSSR count). The molecule has 2 aromatic carbocycles. The second-order valence-electron chi connectivity index (χ2n) is 4.09. The highest BCUT2D eigenvalue weighted by Crippen LogP contribution is 2.31. The predicted octanol–water partition coefficient (Wildman–Crippen LogP) is 2.96. The number of phenolic OH excluding ortho intramolecular Hbond substituents is 1. The molecular formula is C14H10O3. The third-order valence-electron chi connectivity index (χ3n) is 2.84. The first kappa shape index (κ1) is 9.90. The molecule has 0 aliphatic carbocycles. The quantitative estimate of drug-likeness (QED) is 0.473. The molecule has 0 spiro atoms. The summed E-state index contributed by atoms with van der Waals surface area (Å²) in [6.07, 6.45) is 0. The Morgan fingerprint density at radius 3 is 2.59 bits per heavy atom. The fourth-order valence-corrected chi connectivity index (χ4v) is 2.12. The molecule has 0 aliphatic rings. The molecule has 0 amide bonds. The molecule has 3 heteroatoms. The fraction of sp³-hybridized carbons (Fsp3) is 0.0714. The van der Waals surface area contributed by atoms with Crippen LogP contribution >= 0.6 is 0 Å². The van der Waals surface area contributed by atoms with E-state index in [4.69, 9.17) is 4.42 Å². The van der Waals surface area contributed by atoms with Gasteiger partial charge in [0, 0.05) is 5.39 Å². The van der Waals surface area contributed by atoms with Crippen LogP contribution in [0.15, 0.2) is 45.6 Å². The standard InChI is InChI=1S/C14H10O3/c1-8-6-11(15)13-9-4-2-3-5-10(9)14(16)17-12(13)7-8/h2-7,15H,1H3. The minimum Gasteiger partial charge on any atom is -0.507 e. The normalized spacial score (nSPS) is 11.1. The van der Waals surface area contributed by atoms with Crippen molar-refractivity contribution in [3.8, 4) is 5.75 Å². The summed E-state index contributed by atoms with van der Waals surface area (Å²) in [4.78, 5) is 11.8. The first-order valence-corrected chi connectivity index (χ1v) is 5.32. The average molecular weight is 226 g/mol. The van der Waals surface area contributed by atoms with Crippen molar-refractivity contribution in [2.24, 2.45) is 0 Å². The highest BCUT2D eigenvalue weighted by atomic mass is 16.4. The van der Waals surface area contributed by atoms with Crippen LogP contribution in [0.4, 0.5) is 0 Å². The second-order valence-corrected chi connectivity index (χ2v) is 4.09. The zero-order chi connectivity index (χ0) is 12.0. The Bertz CT molecular complexity index is 784. The van der Waals surface area contributed by atoms with Crippen molar-refractivity contribution in [2.45, 2.75) is 6.92 Å². The third kappa shape index (κ3) is 1.40. The van der Waals surface area contributed by atoms with Gasteiger partial charge in [-0.3, -0.25) is 0 Å². The number of benzene rings is 2. The van der Waals surface area contributed by atoms with E-state index >= 15 is 0 Å². The number of hydrogen-bond donors (Lipinski definition) is 1. The smallest absolute Gasteiger partial charge is 0.344 e. The maximum absolute atomic E-state index is 11.8. The molecule has 0 saturated heterocycles. The monoisotopic (exact) mass is 226 g/mol. The molecule has 0 bridgehead atoms. The van der Waals surface area contributed by atoms with Gasteiger partial charge in [-0.1, -0.05) is 18.2 Å². The Labute approximate surface area is 96.9 Å². The SMILES string of the molecule is Cc1cc(O)c2c(c1)oc(=O)c1ccccc12. The minimum atomic E-state index is -0.377. The van der Waals surface area contributed by atoms with Gasteiger partial charge in [-0.15, -0.1) is 0 Å². The van der Waals surface area contributed by atoms with E-state index in [2.05, 4.69) is 0 Å². The molecule has 1 aromatic heterocycles. The number of aryl methyl sites for hydroxylation is 1. The van der Waals surface area contributed by atoms with Crippen LogP contribution in [0.2, 0.25) is 0 Å². The molecule has 0 unspecified atom stereocenters. The summed E-state index contributed by atoms with van der Waals surface area (Å²) < 4.78 is 5.22. The summed E-state index contributed by atoms with van der Waals surface area (Å²) in [5.74, 6) is 0.139. The van der Waals surface area contributed by atoms with Crippen molar-refractivity contribution >= 4 is 21.7 Å². The van der Waals surface area contributed by atoms with Crippen molar-refractivity contribution in [3.63, 3.8) is 0 Å². The van der Waals surface area contributed by atoms with Gasteiger partial charge in [-0.2, -0.15) is 0 Å². The number of aromatic hydroxyl groups is 1. The van der Waals surface area contributed by atoms with E-state index < -0.39 is 0 Å². The molecule has 3 aromatic rings. The zero-order valence-corrected chi connectivity index (χ0v) is 9.23. The van der Waals surface area contributed by atoms with Gasteiger partial charge < -0.3 is 9.52 Å². The van der Waals surface area contributed by atoms with Gasteiger partial charge in [0.05, 0.1) is 10.8 Å². The lowest BCUT2D eigenvalue weighted by atomic mass is 10.1. The predicted molar refractivity (Wildman–Crippen MR) is 66.4 cm³/mol. The van der Waals surface area contributed by atoms with E-state index in [1.165, 1.54) is 0 Å². The van der Waals surface area contributed by atoms with Crippen molar-refractivity contribution < 1.29 is 9.52 Å². The molecule has 0 aliphatic heterocycles. The summed E-state index contributed by atoms with van der Waals surface area (Å²) in [6, 6.07) is 10.5. The van der Waals surface area contributed by atoms with Crippen molar-refractivity contribution in [1.29, 1.82) is 0 Å². The first-order chi connectivity index (χ1) is 8.16. The van der Waals surface area contributed by atoms with Crippen LogP contribution in [0, 0.1) is 6.92 Å². The van der Waals surface area contributed by atoms with E-state index in [-0.39, 0.29) is 11.4 Å². The number of phenols is 1. The van der Waals surface area contributed by atoms with Gasteiger partial charge >= 0.3 is 5.63 Å². The Balaban J connectivity index is 2.69. The molecular weight excluding hydrogens is 216 g/mol. The Morgan fingerprint density at radius 2 is 1.82 bits per heavy atom. The maximum atomic E-state index is 11.8. The van der Waals surface area contributed by atoms with Crippen LogP contribution in [0.3, 0.4) is 0 Å². The molecule has 1 heterocycles. The molecule has 0 atom stereocenters. The summed E-state index contributed by atoms with van der Waals surface area (Å²) >= 11 is 0. The van der Waals surface area contributed by atoms with Gasteiger partial charge in [0.1, 0.15) is 11.3 Å². The van der Waals surface area contributed by atoms with Crippen molar-refractivity contribution in [1.82, 2.24) is 0 Å². The molecule has 1 N–H and O–H groups in total. The summed E-state index contributed by atoms with van der Waals surface area (Å²) in [5.41, 5.74) is 0.901. The number of hydrogen-bond acceptors (Lipinski definition) is 3. The van der Waals surface area contributed by atoms with Crippen molar-refractivity contribution in [3.05, 3.63) is 52.4 Å². The zero-order valence-electron chi connectivity index (χ0n) is 9.23. The minimum absolute atomic E-state index is 0.139. The van der Waals surface area contributed by atoms with Crippen LogP contribution < -0.4 is 5.63 Å². The fourth-order valence-electron chi connectivity index (χ4n) is 2.12. The van der Waals surface area contributed by atoms with Gasteiger partial charge in [-0.25, -0.2) is 4.79 Å². The van der Waals surface area contributed by atoms with E-state index in [0.29, 0.717) is 16.4 Å². The van der Waals surface area contributed by atoms with Crippen LogP contribution in [-0.4, -0.2) is 5.11 Å².